The summed E-state index contributed by atoms with van der Waals surface area (Å²) in [4.78, 5) is 0. The Morgan fingerprint density at radius 2 is 0.750 bits per heavy atom. The van der Waals surface area contributed by atoms with Crippen LogP contribution in [0.15, 0.2) is 0 Å². The molecule has 0 fully saturated rings. The van der Waals surface area contributed by atoms with Crippen LogP contribution in [-0.2, 0) is 0 Å². The van der Waals surface area contributed by atoms with Crippen molar-refractivity contribution in [3.63, 3.8) is 0 Å². The Bertz CT molecular complexity index is 186. The van der Waals surface area contributed by atoms with Crippen LogP contribution in [0.2, 0.25) is 26.2 Å². The van der Waals surface area contributed by atoms with Gasteiger partial charge in [0.1, 0.15) is 0 Å². The van der Waals surface area contributed by atoms with E-state index in [-0.39, 0.29) is 13.8 Å². The fourth-order valence-electron chi connectivity index (χ4n) is 0.161. The van der Waals surface area contributed by atoms with Crippen molar-refractivity contribution in [3.05, 3.63) is 0 Å². The number of rotatable bonds is 0. The third-order valence-corrected chi connectivity index (χ3v) is 1.42. The van der Waals surface area contributed by atoms with E-state index in [4.69, 9.17) is 0 Å². The molecule has 0 aliphatic heterocycles. The summed E-state index contributed by atoms with van der Waals surface area (Å²) >= 11 is 0. The van der Waals surface area contributed by atoms with Crippen molar-refractivity contribution in [1.29, 1.82) is 0 Å². The summed E-state index contributed by atoms with van der Waals surface area (Å²) < 4.78 is 69.7. The predicted molar refractivity (Wildman–Crippen MR) is 55.1 cm³/mol. The van der Waals surface area contributed by atoms with E-state index >= 15 is 0 Å². The molecule has 0 nitrogen and oxygen atoms in total. The molecular formula is C9H18F6Si. The quantitative estimate of drug-likeness (QED) is 0.424. The van der Waals surface area contributed by atoms with Gasteiger partial charge < -0.3 is 0 Å². The first-order valence-corrected chi connectivity index (χ1v) is 8.63. The van der Waals surface area contributed by atoms with E-state index in [0.29, 0.717) is 0 Å². The molecule has 0 bridgehead atoms. The van der Waals surface area contributed by atoms with E-state index in [1.54, 1.807) is 0 Å². The Morgan fingerprint density at radius 1 is 0.625 bits per heavy atom. The highest BCUT2D eigenvalue weighted by Gasteiger charge is 2.64. The zero-order chi connectivity index (χ0) is 14.0. The fourth-order valence-corrected chi connectivity index (χ4v) is 0.161. The Hall–Kier alpha value is -0.203. The molecular weight excluding hydrogens is 250 g/mol. The standard InChI is InChI=1S/C5H6F6.C4H12Si/c1-3(2,4(6,7)8)5(9,10)11;1-5(2,3)4/h1-2H3;1-4H3. The lowest BCUT2D eigenvalue weighted by molar-refractivity contribution is -0.327. The maximum atomic E-state index is 11.6. The van der Waals surface area contributed by atoms with Crippen LogP contribution in [0.5, 0.6) is 0 Å². The SMILES string of the molecule is CC(C)(C(F)(F)F)C(F)(F)F.C[Si](C)(C)C. The van der Waals surface area contributed by atoms with Crippen LogP contribution in [0.25, 0.3) is 0 Å². The van der Waals surface area contributed by atoms with Gasteiger partial charge in [-0.2, -0.15) is 26.3 Å². The Balaban J connectivity index is 0. The van der Waals surface area contributed by atoms with Gasteiger partial charge in [0.15, 0.2) is 5.41 Å². The highest BCUT2D eigenvalue weighted by Crippen LogP contribution is 2.49. The van der Waals surface area contributed by atoms with Crippen molar-refractivity contribution in [2.45, 2.75) is 52.4 Å². The normalized spacial score (nSPS) is 14.2. The number of hydrogen-bond acceptors (Lipinski definition) is 0. The minimum absolute atomic E-state index is 0.104. The summed E-state index contributed by atoms with van der Waals surface area (Å²) in [5, 5.41) is 0. The Kier molecular flexibility index (Phi) is 5.65. The maximum Gasteiger partial charge on any atom is 0.402 e. The lowest BCUT2D eigenvalue weighted by Gasteiger charge is -2.29. The van der Waals surface area contributed by atoms with Crippen molar-refractivity contribution in [1.82, 2.24) is 0 Å². The molecule has 0 aromatic rings. The average molecular weight is 268 g/mol. The molecule has 0 atom stereocenters. The zero-order valence-electron chi connectivity index (χ0n) is 10.3. The van der Waals surface area contributed by atoms with Gasteiger partial charge in [0.2, 0.25) is 0 Å². The molecule has 100 valence electrons. The van der Waals surface area contributed by atoms with Gasteiger partial charge >= 0.3 is 12.4 Å². The first-order valence-electron chi connectivity index (χ1n) is 4.63. The van der Waals surface area contributed by atoms with Crippen LogP contribution >= 0.6 is 0 Å². The molecule has 0 aromatic heterocycles. The molecule has 0 aliphatic carbocycles. The molecule has 0 unspecified atom stereocenters. The summed E-state index contributed by atoms with van der Waals surface area (Å²) in [6, 6.07) is 0. The molecule has 0 spiro atoms. The van der Waals surface area contributed by atoms with Crippen LogP contribution in [0.4, 0.5) is 26.3 Å². The van der Waals surface area contributed by atoms with Crippen LogP contribution < -0.4 is 0 Å². The first kappa shape index (κ1) is 18.2. The van der Waals surface area contributed by atoms with Crippen molar-refractivity contribution in [3.8, 4) is 0 Å². The summed E-state index contributed by atoms with van der Waals surface area (Å²) in [6.45, 7) is 9.51. The second-order valence-electron chi connectivity index (χ2n) is 5.62. The Morgan fingerprint density at radius 3 is 0.750 bits per heavy atom. The minimum Gasteiger partial charge on any atom is -0.170 e. The summed E-state index contributed by atoms with van der Waals surface area (Å²) in [5.41, 5.74) is -3.62. The minimum atomic E-state index is -5.24. The second kappa shape index (κ2) is 4.97. The maximum absolute atomic E-state index is 11.6. The van der Waals surface area contributed by atoms with Gasteiger partial charge in [0, 0.05) is 8.07 Å². The number of halogens is 6. The van der Waals surface area contributed by atoms with Crippen LogP contribution in [-0.4, -0.2) is 20.4 Å². The smallest absolute Gasteiger partial charge is 0.170 e. The van der Waals surface area contributed by atoms with E-state index < -0.39 is 25.8 Å². The topological polar surface area (TPSA) is 0 Å². The monoisotopic (exact) mass is 268 g/mol. The van der Waals surface area contributed by atoms with Crippen molar-refractivity contribution in [2.75, 3.05) is 0 Å². The van der Waals surface area contributed by atoms with Gasteiger partial charge in [0.05, 0.1) is 0 Å². The van der Waals surface area contributed by atoms with Gasteiger partial charge in [0.25, 0.3) is 0 Å². The molecule has 0 N–H and O–H groups in total. The van der Waals surface area contributed by atoms with E-state index in [0.717, 1.165) is 0 Å². The molecule has 0 aromatic carbocycles. The summed E-state index contributed by atoms with van der Waals surface area (Å²) in [7, 11) is -0.611. The highest BCUT2D eigenvalue weighted by atomic mass is 28.3. The third kappa shape index (κ3) is 7.13. The van der Waals surface area contributed by atoms with Crippen molar-refractivity contribution >= 4 is 8.07 Å². The lowest BCUT2D eigenvalue weighted by atomic mass is 9.92. The second-order valence-corrected chi connectivity index (χ2v) is 11.6. The molecule has 0 aliphatic rings. The average Bonchev–Trinajstić information content (AvgIpc) is 1.76. The van der Waals surface area contributed by atoms with E-state index in [1.165, 1.54) is 0 Å². The molecule has 0 heterocycles. The van der Waals surface area contributed by atoms with Crippen LogP contribution in [0.3, 0.4) is 0 Å². The van der Waals surface area contributed by atoms with Crippen LogP contribution in [0.1, 0.15) is 13.8 Å². The molecule has 16 heavy (non-hydrogen) atoms. The molecule has 7 heteroatoms. The molecule has 0 radical (unpaired) electrons. The molecule has 0 saturated carbocycles. The number of alkyl halides is 6. The predicted octanol–water partition coefficient (Wildman–Crippen LogP) is 5.09. The van der Waals surface area contributed by atoms with Crippen molar-refractivity contribution in [2.24, 2.45) is 5.41 Å². The summed E-state index contributed by atoms with van der Waals surface area (Å²) in [5.74, 6) is 0. The van der Waals surface area contributed by atoms with Crippen molar-refractivity contribution < 1.29 is 26.3 Å². The van der Waals surface area contributed by atoms with Gasteiger partial charge in [-0.1, -0.05) is 26.2 Å². The van der Waals surface area contributed by atoms with E-state index in [9.17, 15) is 26.3 Å². The van der Waals surface area contributed by atoms with Gasteiger partial charge in [-0.05, 0) is 13.8 Å². The molecule has 0 rings (SSSR count). The Labute approximate surface area is 93.0 Å². The largest absolute Gasteiger partial charge is 0.402 e. The molecule has 0 saturated heterocycles. The van der Waals surface area contributed by atoms with Gasteiger partial charge in [-0.15, -0.1) is 0 Å². The third-order valence-electron chi connectivity index (χ3n) is 1.42. The van der Waals surface area contributed by atoms with E-state index in [1.807, 2.05) is 0 Å². The number of hydrogen-bond donors (Lipinski definition) is 0. The fraction of sp³-hybridized carbons (Fsp3) is 1.00. The lowest BCUT2D eigenvalue weighted by Crippen LogP contribution is -2.44. The summed E-state index contributed by atoms with van der Waals surface area (Å²) in [6.07, 6.45) is -10.5. The zero-order valence-corrected chi connectivity index (χ0v) is 11.3. The van der Waals surface area contributed by atoms with Gasteiger partial charge in [-0.3, -0.25) is 0 Å². The van der Waals surface area contributed by atoms with Gasteiger partial charge in [-0.25, -0.2) is 0 Å². The first-order chi connectivity index (χ1) is 6.50. The van der Waals surface area contributed by atoms with Crippen LogP contribution in [0, 0.1) is 5.41 Å². The molecule has 0 amide bonds. The highest BCUT2D eigenvalue weighted by molar-refractivity contribution is 6.74. The van der Waals surface area contributed by atoms with E-state index in [2.05, 4.69) is 26.2 Å².